The molecule has 1 aromatic heterocycles. The maximum absolute atomic E-state index is 13.0. The molecule has 0 saturated carbocycles. The van der Waals surface area contributed by atoms with E-state index in [2.05, 4.69) is 24.0 Å². The maximum Gasteiger partial charge on any atom is 0.235 e. The lowest BCUT2D eigenvalue weighted by atomic mass is 9.92. The number of nitrogens with zero attached hydrogens (tertiary/aromatic N) is 4. The summed E-state index contributed by atoms with van der Waals surface area (Å²) in [5, 5.41) is 9.08. The summed E-state index contributed by atoms with van der Waals surface area (Å²) in [6, 6.07) is 0. The van der Waals surface area contributed by atoms with Crippen LogP contribution >= 0.6 is 11.8 Å². The van der Waals surface area contributed by atoms with Gasteiger partial charge in [-0.15, -0.1) is 10.2 Å². The van der Waals surface area contributed by atoms with E-state index in [-0.39, 0.29) is 29.6 Å². The Labute approximate surface area is 176 Å². The first-order chi connectivity index (χ1) is 13.8. The zero-order valence-corrected chi connectivity index (χ0v) is 18.5. The van der Waals surface area contributed by atoms with Gasteiger partial charge in [0.2, 0.25) is 11.8 Å². The third kappa shape index (κ3) is 5.94. The number of carbonyl (C=O) groups excluding carboxylic acids is 2. The molecule has 0 spiro atoms. The molecule has 4 unspecified atom stereocenters. The van der Waals surface area contributed by atoms with E-state index in [1.165, 1.54) is 18.2 Å². The summed E-state index contributed by atoms with van der Waals surface area (Å²) in [7, 11) is 0. The molecule has 2 N–H and O–H groups in total. The number of piperidine rings is 1. The molecule has 1 aromatic rings. The molecule has 0 radical (unpaired) electrons. The Morgan fingerprint density at radius 2 is 2.00 bits per heavy atom. The van der Waals surface area contributed by atoms with Gasteiger partial charge in [-0.25, -0.2) is 0 Å². The molecule has 0 aromatic carbocycles. The average molecular weight is 424 g/mol. The first-order valence-corrected chi connectivity index (χ1v) is 11.5. The molecule has 8 nitrogen and oxygen atoms in total. The quantitative estimate of drug-likeness (QED) is 0.640. The van der Waals surface area contributed by atoms with Gasteiger partial charge in [-0.2, -0.15) is 0 Å². The summed E-state index contributed by atoms with van der Waals surface area (Å²) >= 11 is 1.44. The van der Waals surface area contributed by atoms with Gasteiger partial charge in [0, 0.05) is 32.5 Å². The van der Waals surface area contributed by atoms with Crippen LogP contribution in [0.25, 0.3) is 0 Å². The van der Waals surface area contributed by atoms with Crippen molar-refractivity contribution in [2.75, 3.05) is 19.7 Å². The number of hydrogen-bond acceptors (Lipinski definition) is 6. The monoisotopic (exact) mass is 423 g/mol. The number of rotatable bonds is 8. The van der Waals surface area contributed by atoms with Gasteiger partial charge in [-0.3, -0.25) is 9.59 Å². The van der Waals surface area contributed by atoms with Gasteiger partial charge in [0.05, 0.1) is 17.9 Å². The van der Waals surface area contributed by atoms with Crippen LogP contribution in [-0.2, 0) is 27.3 Å². The molecule has 9 heteroatoms. The highest BCUT2D eigenvalue weighted by Gasteiger charge is 2.30. The Bertz CT molecular complexity index is 709. The van der Waals surface area contributed by atoms with Crippen molar-refractivity contribution in [1.29, 1.82) is 0 Å². The number of primary amides is 1. The second kappa shape index (κ2) is 9.93. The summed E-state index contributed by atoms with van der Waals surface area (Å²) in [5.41, 5.74) is 5.31. The number of amides is 2. The second-order valence-electron chi connectivity index (χ2n) is 8.56. The largest absolute Gasteiger partial charge is 0.376 e. The standard InChI is InChI=1S/C20H33N5O3S/c1-13-9-14(2)11-24(10-13)19(27)15(3)29-20-23-22-18(7-6-17(21)26)25(20)12-16-5-4-8-28-16/h13-16H,4-12H2,1-3H3,(H2,21,26). The van der Waals surface area contributed by atoms with Gasteiger partial charge in [-0.05, 0) is 38.0 Å². The molecule has 29 heavy (non-hydrogen) atoms. The Hall–Kier alpha value is -1.61. The Morgan fingerprint density at radius 3 is 2.62 bits per heavy atom. The molecule has 3 heterocycles. The second-order valence-corrected chi connectivity index (χ2v) is 9.87. The van der Waals surface area contributed by atoms with Gasteiger partial charge in [0.15, 0.2) is 5.16 Å². The lowest BCUT2D eigenvalue weighted by molar-refractivity contribution is -0.133. The van der Waals surface area contributed by atoms with E-state index in [1.807, 2.05) is 16.4 Å². The molecule has 2 fully saturated rings. The maximum atomic E-state index is 13.0. The predicted octanol–water partition coefficient (Wildman–Crippen LogP) is 1.86. The van der Waals surface area contributed by atoms with Crippen molar-refractivity contribution in [3.8, 4) is 0 Å². The topological polar surface area (TPSA) is 103 Å². The number of hydrogen-bond donors (Lipinski definition) is 1. The normalized spacial score (nSPS) is 25.9. The van der Waals surface area contributed by atoms with Crippen LogP contribution in [0.1, 0.15) is 52.3 Å². The molecule has 3 rings (SSSR count). The lowest BCUT2D eigenvalue weighted by Gasteiger charge is -2.36. The summed E-state index contributed by atoms with van der Waals surface area (Å²) < 4.78 is 7.79. The van der Waals surface area contributed by atoms with E-state index in [9.17, 15) is 9.59 Å². The first-order valence-electron chi connectivity index (χ1n) is 10.6. The number of likely N-dealkylation sites (tertiary alicyclic amines) is 1. The number of ether oxygens (including phenoxy) is 1. The molecular formula is C20H33N5O3S. The van der Waals surface area contributed by atoms with Gasteiger partial charge in [0.25, 0.3) is 0 Å². The third-order valence-corrected chi connectivity index (χ3v) is 6.68. The van der Waals surface area contributed by atoms with Gasteiger partial charge in [-0.1, -0.05) is 25.6 Å². The molecule has 162 valence electrons. The highest BCUT2D eigenvalue weighted by atomic mass is 32.2. The van der Waals surface area contributed by atoms with Crippen LogP contribution in [0.2, 0.25) is 0 Å². The minimum absolute atomic E-state index is 0.118. The highest BCUT2D eigenvalue weighted by molar-refractivity contribution is 8.00. The van der Waals surface area contributed by atoms with Crippen molar-refractivity contribution in [2.24, 2.45) is 17.6 Å². The van der Waals surface area contributed by atoms with E-state index >= 15 is 0 Å². The fraction of sp³-hybridized carbons (Fsp3) is 0.800. The van der Waals surface area contributed by atoms with Crippen molar-refractivity contribution in [1.82, 2.24) is 19.7 Å². The summed E-state index contributed by atoms with van der Waals surface area (Å²) in [4.78, 5) is 26.2. The van der Waals surface area contributed by atoms with Gasteiger partial charge >= 0.3 is 0 Å². The van der Waals surface area contributed by atoms with Crippen molar-refractivity contribution < 1.29 is 14.3 Å². The predicted molar refractivity (Wildman–Crippen MR) is 111 cm³/mol. The minimum Gasteiger partial charge on any atom is -0.376 e. The highest BCUT2D eigenvalue weighted by Crippen LogP contribution is 2.28. The van der Waals surface area contributed by atoms with Crippen LogP contribution in [0.5, 0.6) is 0 Å². The Kier molecular flexibility index (Phi) is 7.56. The molecule has 0 bridgehead atoms. The van der Waals surface area contributed by atoms with Crippen LogP contribution in [0.3, 0.4) is 0 Å². The van der Waals surface area contributed by atoms with E-state index in [1.54, 1.807) is 0 Å². The zero-order chi connectivity index (χ0) is 21.0. The third-order valence-electron chi connectivity index (χ3n) is 5.61. The van der Waals surface area contributed by atoms with Crippen molar-refractivity contribution in [2.45, 2.75) is 75.9 Å². The van der Waals surface area contributed by atoms with Gasteiger partial charge in [0.1, 0.15) is 5.82 Å². The number of nitrogens with two attached hydrogens (primary N) is 1. The molecule has 0 aliphatic carbocycles. The molecule has 2 amide bonds. The zero-order valence-electron chi connectivity index (χ0n) is 17.7. The molecule has 4 atom stereocenters. The van der Waals surface area contributed by atoms with Crippen molar-refractivity contribution >= 4 is 23.6 Å². The van der Waals surface area contributed by atoms with Crippen LogP contribution in [0.15, 0.2) is 5.16 Å². The van der Waals surface area contributed by atoms with E-state index in [0.29, 0.717) is 30.0 Å². The SMILES string of the molecule is CC1CC(C)CN(C(=O)C(C)Sc2nnc(CCC(N)=O)n2CC2CCCO2)C1. The summed E-state index contributed by atoms with van der Waals surface area (Å²) in [5.74, 6) is 1.58. The minimum atomic E-state index is -0.359. The number of carbonyl (C=O) groups is 2. The Morgan fingerprint density at radius 1 is 1.28 bits per heavy atom. The summed E-state index contributed by atoms with van der Waals surface area (Å²) in [6.45, 7) is 9.40. The number of thioether (sulfide) groups is 1. The fourth-order valence-corrected chi connectivity index (χ4v) is 5.27. The van der Waals surface area contributed by atoms with E-state index < -0.39 is 0 Å². The molecule has 2 aliphatic heterocycles. The molecule has 2 aliphatic rings. The average Bonchev–Trinajstić information content (AvgIpc) is 3.29. The number of aryl methyl sites for hydroxylation is 1. The number of aromatic nitrogens is 3. The fourth-order valence-electron chi connectivity index (χ4n) is 4.31. The van der Waals surface area contributed by atoms with Crippen LogP contribution < -0.4 is 5.73 Å². The molecular weight excluding hydrogens is 390 g/mol. The van der Waals surface area contributed by atoms with Gasteiger partial charge < -0.3 is 19.9 Å². The van der Waals surface area contributed by atoms with Crippen LogP contribution in [0, 0.1) is 11.8 Å². The van der Waals surface area contributed by atoms with Crippen LogP contribution in [-0.4, -0.2) is 62.5 Å². The van der Waals surface area contributed by atoms with Crippen molar-refractivity contribution in [3.63, 3.8) is 0 Å². The van der Waals surface area contributed by atoms with Crippen LogP contribution in [0.4, 0.5) is 0 Å². The first kappa shape index (κ1) is 22.1. The van der Waals surface area contributed by atoms with E-state index in [4.69, 9.17) is 10.5 Å². The smallest absolute Gasteiger partial charge is 0.235 e. The Balaban J connectivity index is 1.70. The molecule has 2 saturated heterocycles. The lowest BCUT2D eigenvalue weighted by Crippen LogP contribution is -2.45. The van der Waals surface area contributed by atoms with Crippen molar-refractivity contribution in [3.05, 3.63) is 5.82 Å². The summed E-state index contributed by atoms with van der Waals surface area (Å²) in [6.07, 6.45) is 4.00. The van der Waals surface area contributed by atoms with E-state index in [0.717, 1.165) is 38.4 Å².